The summed E-state index contributed by atoms with van der Waals surface area (Å²) in [5.41, 5.74) is -8.10. The summed E-state index contributed by atoms with van der Waals surface area (Å²) < 4.78 is 74.0. The largest absolute Gasteiger partial charge is 0.259 e. The van der Waals surface area contributed by atoms with Gasteiger partial charge in [-0.15, -0.1) is 0 Å². The van der Waals surface area contributed by atoms with Gasteiger partial charge in [0, 0.05) is 0 Å². The van der Waals surface area contributed by atoms with Gasteiger partial charge in [0.2, 0.25) is 0 Å². The van der Waals surface area contributed by atoms with E-state index in [1.165, 1.54) is 0 Å². The zero-order valence-electron chi connectivity index (χ0n) is 7.13. The van der Waals surface area contributed by atoms with E-state index in [4.69, 9.17) is 0 Å². The molecule has 0 nitrogen and oxygen atoms in total. The molecular weight excluding hydrogens is 214 g/mol. The second-order valence-electron chi connectivity index (χ2n) is 2.93. The van der Waals surface area contributed by atoms with Crippen molar-refractivity contribution in [3.8, 4) is 0 Å². The first-order chi connectivity index (χ1) is 5.59. The Morgan fingerprint density at radius 1 is 0.846 bits per heavy atom. The monoisotopic (exact) mass is 224 g/mol. The Kier molecular flexibility index (Phi) is 3.83. The van der Waals surface area contributed by atoms with Crippen LogP contribution in [-0.4, -0.2) is 33.0 Å². The number of alkyl halides is 6. The van der Waals surface area contributed by atoms with Crippen LogP contribution in [-0.2, 0) is 0 Å². The van der Waals surface area contributed by atoms with E-state index in [9.17, 15) is 26.3 Å². The molecule has 0 rings (SSSR count). The van der Waals surface area contributed by atoms with E-state index in [0.29, 0.717) is 13.8 Å². The summed E-state index contributed by atoms with van der Waals surface area (Å²) >= 11 is 0. The van der Waals surface area contributed by atoms with Gasteiger partial charge in [-0.05, 0) is 13.8 Å². The summed E-state index contributed by atoms with van der Waals surface area (Å²) in [5, 5.41) is 0. The van der Waals surface area contributed by atoms with Crippen molar-refractivity contribution in [2.75, 3.05) is 0 Å². The van der Waals surface area contributed by atoms with E-state index in [1.807, 2.05) is 0 Å². The molecule has 0 spiro atoms. The average Bonchev–Trinajstić information content (AvgIpc) is 1.83. The number of rotatable bonds is 4. The molecule has 0 saturated carbocycles. The van der Waals surface area contributed by atoms with E-state index in [2.05, 4.69) is 0 Å². The van der Waals surface area contributed by atoms with Gasteiger partial charge < -0.3 is 0 Å². The van der Waals surface area contributed by atoms with Crippen LogP contribution in [0.15, 0.2) is 0 Å². The smallest absolute Gasteiger partial charge is 0.242 e. The fourth-order valence-corrected chi connectivity index (χ4v) is 1.79. The van der Waals surface area contributed by atoms with Crippen LogP contribution in [0, 0.1) is 0 Å². The number of halogens is 6. The topological polar surface area (TPSA) is 0 Å². The average molecular weight is 224 g/mol. The molecule has 80 valence electrons. The molecule has 0 aromatic heterocycles. The van der Waals surface area contributed by atoms with E-state index in [0.717, 1.165) is 0 Å². The molecule has 0 amide bonds. The van der Waals surface area contributed by atoms with Crippen molar-refractivity contribution in [1.29, 1.82) is 0 Å². The molecule has 0 aliphatic heterocycles. The lowest BCUT2D eigenvalue weighted by Crippen LogP contribution is -2.48. The molecule has 0 aromatic rings. The highest BCUT2D eigenvalue weighted by molar-refractivity contribution is 6.42. The summed E-state index contributed by atoms with van der Waals surface area (Å²) in [6.07, 6.45) is -5.30. The Balaban J connectivity index is 4.42. The van der Waals surface area contributed by atoms with Crippen molar-refractivity contribution in [3.63, 3.8) is 0 Å². The van der Waals surface area contributed by atoms with Gasteiger partial charge in [0.15, 0.2) is 21.9 Å². The maximum absolute atomic E-state index is 12.4. The predicted octanol–water partition coefficient (Wildman–Crippen LogP) is 2.06. The Morgan fingerprint density at radius 3 is 1.23 bits per heavy atom. The van der Waals surface area contributed by atoms with Crippen LogP contribution in [0.25, 0.3) is 0 Å². The predicted molar refractivity (Wildman–Crippen MR) is 39.6 cm³/mol. The van der Waals surface area contributed by atoms with Gasteiger partial charge in [0.25, 0.3) is 11.1 Å². The molecule has 7 heteroatoms. The van der Waals surface area contributed by atoms with Crippen molar-refractivity contribution >= 4 is 9.52 Å². The van der Waals surface area contributed by atoms with Gasteiger partial charge in [0.1, 0.15) is 0 Å². The maximum Gasteiger partial charge on any atom is 0.259 e. The molecule has 0 saturated heterocycles. The van der Waals surface area contributed by atoms with Crippen LogP contribution in [0.2, 0.25) is 0 Å². The second kappa shape index (κ2) is 3.89. The van der Waals surface area contributed by atoms with Crippen molar-refractivity contribution in [1.82, 2.24) is 0 Å². The van der Waals surface area contributed by atoms with Crippen LogP contribution in [0.1, 0.15) is 13.8 Å². The summed E-state index contributed by atoms with van der Waals surface area (Å²) in [7, 11) is -3.44. The molecular formula is C6H10F6Si. The molecule has 2 unspecified atom stereocenters. The molecule has 0 fully saturated rings. The first kappa shape index (κ1) is 12.8. The maximum atomic E-state index is 12.4. The van der Waals surface area contributed by atoms with Crippen molar-refractivity contribution in [2.45, 2.75) is 37.3 Å². The second-order valence-corrected chi connectivity index (χ2v) is 5.17. The van der Waals surface area contributed by atoms with Crippen LogP contribution in [0.5, 0.6) is 0 Å². The SMILES string of the molecule is CC(F)C(F)(F)[SiH2]C(F)(F)C(C)F. The van der Waals surface area contributed by atoms with E-state index < -0.39 is 33.0 Å². The van der Waals surface area contributed by atoms with Gasteiger partial charge in [-0.2, -0.15) is 0 Å². The first-order valence-electron chi connectivity index (χ1n) is 3.63. The van der Waals surface area contributed by atoms with Crippen LogP contribution >= 0.6 is 0 Å². The fourth-order valence-electron chi connectivity index (χ4n) is 0.596. The van der Waals surface area contributed by atoms with Gasteiger partial charge in [-0.1, -0.05) is 0 Å². The van der Waals surface area contributed by atoms with E-state index in [1.54, 1.807) is 0 Å². The van der Waals surface area contributed by atoms with Gasteiger partial charge in [-0.25, -0.2) is 26.3 Å². The van der Waals surface area contributed by atoms with E-state index >= 15 is 0 Å². The standard InChI is InChI=1S/C6H10F6Si/c1-3(7)5(9,10)13-6(11,12)4(2)8/h3-4H,13H2,1-2H3. The minimum absolute atomic E-state index is 0.492. The van der Waals surface area contributed by atoms with Crippen LogP contribution in [0.4, 0.5) is 26.3 Å². The molecule has 0 aliphatic carbocycles. The zero-order valence-corrected chi connectivity index (χ0v) is 8.54. The van der Waals surface area contributed by atoms with Crippen LogP contribution < -0.4 is 0 Å². The molecule has 13 heavy (non-hydrogen) atoms. The molecule has 0 aromatic carbocycles. The highest BCUT2D eigenvalue weighted by Gasteiger charge is 2.51. The number of hydrogen-bond acceptors (Lipinski definition) is 0. The third-order valence-electron chi connectivity index (χ3n) is 1.64. The lowest BCUT2D eigenvalue weighted by atomic mass is 10.4. The summed E-state index contributed by atoms with van der Waals surface area (Å²) in [4.78, 5) is 0. The Morgan fingerprint density at radius 2 is 1.08 bits per heavy atom. The number of hydrogen-bond donors (Lipinski definition) is 0. The summed E-state index contributed by atoms with van der Waals surface area (Å²) in [6, 6.07) is 0. The minimum atomic E-state index is -4.05. The third-order valence-corrected chi connectivity index (χ3v) is 3.70. The lowest BCUT2D eigenvalue weighted by molar-refractivity contribution is -0.0329. The van der Waals surface area contributed by atoms with Crippen LogP contribution in [0.3, 0.4) is 0 Å². The highest BCUT2D eigenvalue weighted by Crippen LogP contribution is 2.30. The Labute approximate surface area is 74.1 Å². The van der Waals surface area contributed by atoms with E-state index in [-0.39, 0.29) is 0 Å². The molecule has 0 N–H and O–H groups in total. The molecule has 0 heterocycles. The summed E-state index contributed by atoms with van der Waals surface area (Å²) in [5.74, 6) is 0. The van der Waals surface area contributed by atoms with Gasteiger partial charge >= 0.3 is 0 Å². The molecule has 0 bridgehead atoms. The van der Waals surface area contributed by atoms with Crippen molar-refractivity contribution < 1.29 is 26.3 Å². The molecule has 0 radical (unpaired) electrons. The third kappa shape index (κ3) is 3.57. The quantitative estimate of drug-likeness (QED) is 0.506. The molecule has 0 aliphatic rings. The lowest BCUT2D eigenvalue weighted by Gasteiger charge is -2.24. The normalized spacial score (nSPS) is 19.4. The first-order valence-corrected chi connectivity index (χ1v) is 5.05. The molecule has 2 atom stereocenters. The van der Waals surface area contributed by atoms with Crippen molar-refractivity contribution in [2.24, 2.45) is 0 Å². The van der Waals surface area contributed by atoms with Gasteiger partial charge in [-0.3, -0.25) is 0 Å². The highest BCUT2D eigenvalue weighted by atomic mass is 28.2. The minimum Gasteiger partial charge on any atom is -0.242 e. The Hall–Kier alpha value is -0.203. The zero-order chi connectivity index (χ0) is 10.9. The Bertz CT molecular complexity index is 149. The summed E-state index contributed by atoms with van der Waals surface area (Å²) in [6.45, 7) is 0.984. The van der Waals surface area contributed by atoms with Crippen molar-refractivity contribution in [3.05, 3.63) is 0 Å². The van der Waals surface area contributed by atoms with Gasteiger partial charge in [0.05, 0.1) is 0 Å². The fraction of sp³-hybridized carbons (Fsp3) is 1.00.